The van der Waals surface area contributed by atoms with Gasteiger partial charge in [0, 0.05) is 24.3 Å². The fourth-order valence-electron chi connectivity index (χ4n) is 2.80. The molecular formula is C19H22N2O3S. The summed E-state index contributed by atoms with van der Waals surface area (Å²) in [5, 5.41) is 0. The van der Waals surface area contributed by atoms with Gasteiger partial charge in [0.2, 0.25) is 15.9 Å². The maximum Gasteiger partial charge on any atom is 0.233 e. The molecule has 1 fully saturated rings. The number of aryl methyl sites for hydroxylation is 1. The van der Waals surface area contributed by atoms with Crippen LogP contribution in [0.3, 0.4) is 0 Å². The molecule has 0 aliphatic heterocycles. The van der Waals surface area contributed by atoms with Gasteiger partial charge in [0.25, 0.3) is 0 Å². The van der Waals surface area contributed by atoms with Gasteiger partial charge in [0.05, 0.1) is 5.75 Å². The highest BCUT2D eigenvalue weighted by Crippen LogP contribution is 2.32. The fourth-order valence-corrected chi connectivity index (χ4v) is 3.90. The molecule has 1 amide bonds. The van der Waals surface area contributed by atoms with E-state index in [9.17, 15) is 13.2 Å². The second-order valence-electron chi connectivity index (χ2n) is 6.32. The Morgan fingerprint density at radius 3 is 2.28 bits per heavy atom. The van der Waals surface area contributed by atoms with Crippen LogP contribution in [0.1, 0.15) is 25.3 Å². The molecule has 1 saturated carbocycles. The van der Waals surface area contributed by atoms with Gasteiger partial charge in [-0.05, 0) is 49.1 Å². The van der Waals surface area contributed by atoms with E-state index in [1.54, 1.807) is 36.1 Å². The van der Waals surface area contributed by atoms with Crippen LogP contribution in [-0.4, -0.2) is 26.1 Å². The molecule has 5 nitrogen and oxygen atoms in total. The highest BCUT2D eigenvalue weighted by atomic mass is 32.2. The molecule has 0 heterocycles. The Morgan fingerprint density at radius 2 is 1.72 bits per heavy atom. The van der Waals surface area contributed by atoms with Gasteiger partial charge in [-0.3, -0.25) is 9.52 Å². The number of rotatable bonds is 7. The van der Waals surface area contributed by atoms with Crippen molar-refractivity contribution in [1.29, 1.82) is 0 Å². The summed E-state index contributed by atoms with van der Waals surface area (Å²) in [4.78, 5) is 13.5. The molecule has 2 aromatic rings. The summed E-state index contributed by atoms with van der Waals surface area (Å²) in [6.45, 7) is 1.55. The molecule has 0 unspecified atom stereocenters. The number of nitrogens with zero attached hydrogens (tertiary/aromatic N) is 1. The molecule has 0 bridgehead atoms. The first kappa shape index (κ1) is 17.5. The average molecular weight is 358 g/mol. The Labute approximate surface area is 148 Å². The van der Waals surface area contributed by atoms with E-state index < -0.39 is 10.0 Å². The van der Waals surface area contributed by atoms with Crippen molar-refractivity contribution in [3.05, 3.63) is 60.2 Å². The van der Waals surface area contributed by atoms with Crippen LogP contribution in [0.15, 0.2) is 54.6 Å². The number of anilines is 2. The molecule has 6 heteroatoms. The number of sulfonamides is 1. The Bertz CT molecular complexity index is 829. The number of carbonyl (C=O) groups excluding carboxylic acids is 1. The molecule has 3 rings (SSSR count). The normalized spacial score (nSPS) is 14.1. The molecule has 1 N–H and O–H groups in total. The van der Waals surface area contributed by atoms with E-state index in [2.05, 4.69) is 4.72 Å². The molecule has 2 aromatic carbocycles. The van der Waals surface area contributed by atoms with Crippen LogP contribution in [-0.2, 0) is 21.2 Å². The summed E-state index contributed by atoms with van der Waals surface area (Å²) in [5.41, 5.74) is 2.31. The van der Waals surface area contributed by atoms with E-state index in [-0.39, 0.29) is 17.7 Å². The van der Waals surface area contributed by atoms with Gasteiger partial charge in [0.15, 0.2) is 0 Å². The lowest BCUT2D eigenvalue weighted by Gasteiger charge is -2.21. The molecule has 0 radical (unpaired) electrons. The molecule has 132 valence electrons. The minimum atomic E-state index is -3.42. The third kappa shape index (κ3) is 4.82. The lowest BCUT2D eigenvalue weighted by atomic mass is 10.2. The van der Waals surface area contributed by atoms with Crippen LogP contribution in [0.25, 0.3) is 0 Å². The van der Waals surface area contributed by atoms with Crippen LogP contribution in [0.4, 0.5) is 11.4 Å². The number of carbonyl (C=O) groups is 1. The van der Waals surface area contributed by atoms with Crippen LogP contribution in [0, 0.1) is 0 Å². The number of nitrogens with one attached hydrogen (secondary N) is 1. The minimum absolute atomic E-state index is 0.0127. The standard InChI is InChI=1S/C19H22N2O3S/c1-15(22)21(19-11-12-19)18-9-7-17(8-10-18)20-25(23,24)14-13-16-5-3-2-4-6-16/h2-10,19-20H,11-14H2,1H3. The van der Waals surface area contributed by atoms with Crippen molar-refractivity contribution in [3.63, 3.8) is 0 Å². The van der Waals surface area contributed by atoms with Crippen LogP contribution >= 0.6 is 0 Å². The first-order valence-corrected chi connectivity index (χ1v) is 10.0. The average Bonchev–Trinajstić information content (AvgIpc) is 3.40. The largest absolute Gasteiger partial charge is 0.310 e. The Hall–Kier alpha value is -2.34. The maximum absolute atomic E-state index is 12.2. The first-order valence-electron chi connectivity index (χ1n) is 8.39. The highest BCUT2D eigenvalue weighted by molar-refractivity contribution is 7.92. The zero-order valence-electron chi connectivity index (χ0n) is 14.2. The van der Waals surface area contributed by atoms with Crippen molar-refractivity contribution < 1.29 is 13.2 Å². The number of hydrogen-bond acceptors (Lipinski definition) is 3. The topological polar surface area (TPSA) is 66.5 Å². The summed E-state index contributed by atoms with van der Waals surface area (Å²) >= 11 is 0. The Kier molecular flexibility index (Phi) is 5.08. The lowest BCUT2D eigenvalue weighted by molar-refractivity contribution is -0.116. The van der Waals surface area contributed by atoms with Crippen LogP contribution in [0.2, 0.25) is 0 Å². The fraction of sp³-hybridized carbons (Fsp3) is 0.316. The zero-order chi connectivity index (χ0) is 17.9. The zero-order valence-corrected chi connectivity index (χ0v) is 15.0. The predicted octanol–water partition coefficient (Wildman–Crippen LogP) is 3.19. The van der Waals surface area contributed by atoms with E-state index in [0.717, 1.165) is 24.1 Å². The summed E-state index contributed by atoms with van der Waals surface area (Å²) in [7, 11) is -3.42. The van der Waals surface area contributed by atoms with Gasteiger partial charge in [-0.25, -0.2) is 8.42 Å². The molecular weight excluding hydrogens is 336 g/mol. The van der Waals surface area contributed by atoms with E-state index in [1.165, 1.54) is 0 Å². The summed E-state index contributed by atoms with van der Waals surface area (Å²) in [6.07, 6.45) is 2.51. The van der Waals surface area contributed by atoms with Crippen molar-refractivity contribution in [2.75, 3.05) is 15.4 Å². The molecule has 1 aliphatic rings. The van der Waals surface area contributed by atoms with Crippen molar-refractivity contribution in [1.82, 2.24) is 0 Å². The van der Waals surface area contributed by atoms with Crippen molar-refractivity contribution in [2.24, 2.45) is 0 Å². The van der Waals surface area contributed by atoms with Crippen molar-refractivity contribution in [2.45, 2.75) is 32.2 Å². The summed E-state index contributed by atoms with van der Waals surface area (Å²) < 4.78 is 27.1. The minimum Gasteiger partial charge on any atom is -0.310 e. The number of benzene rings is 2. The summed E-state index contributed by atoms with van der Waals surface area (Å²) in [6, 6.07) is 16.8. The molecule has 0 aromatic heterocycles. The van der Waals surface area contributed by atoms with Crippen LogP contribution < -0.4 is 9.62 Å². The van der Waals surface area contributed by atoms with E-state index in [1.807, 2.05) is 30.3 Å². The number of hydrogen-bond donors (Lipinski definition) is 1. The molecule has 0 spiro atoms. The van der Waals surface area contributed by atoms with Gasteiger partial charge in [-0.15, -0.1) is 0 Å². The lowest BCUT2D eigenvalue weighted by Crippen LogP contribution is -2.30. The second kappa shape index (κ2) is 7.27. The second-order valence-corrected chi connectivity index (χ2v) is 8.17. The number of amides is 1. The third-order valence-corrected chi connectivity index (χ3v) is 5.46. The van der Waals surface area contributed by atoms with Gasteiger partial charge in [0.1, 0.15) is 0 Å². The maximum atomic E-state index is 12.2. The highest BCUT2D eigenvalue weighted by Gasteiger charge is 2.31. The Morgan fingerprint density at radius 1 is 1.08 bits per heavy atom. The smallest absolute Gasteiger partial charge is 0.233 e. The molecule has 0 saturated heterocycles. The third-order valence-electron chi connectivity index (χ3n) is 4.17. The van der Waals surface area contributed by atoms with Gasteiger partial charge >= 0.3 is 0 Å². The van der Waals surface area contributed by atoms with E-state index >= 15 is 0 Å². The Balaban J connectivity index is 1.63. The van der Waals surface area contributed by atoms with Gasteiger partial charge in [-0.2, -0.15) is 0 Å². The summed E-state index contributed by atoms with van der Waals surface area (Å²) in [5.74, 6) is 0.0409. The monoisotopic (exact) mass is 358 g/mol. The van der Waals surface area contributed by atoms with Gasteiger partial charge in [-0.1, -0.05) is 30.3 Å². The SMILES string of the molecule is CC(=O)N(c1ccc(NS(=O)(=O)CCc2ccccc2)cc1)C1CC1. The first-order chi connectivity index (χ1) is 11.9. The van der Waals surface area contributed by atoms with Gasteiger partial charge < -0.3 is 4.90 Å². The van der Waals surface area contributed by atoms with Crippen molar-refractivity contribution >= 4 is 27.3 Å². The van der Waals surface area contributed by atoms with Crippen LogP contribution in [0.5, 0.6) is 0 Å². The molecule has 25 heavy (non-hydrogen) atoms. The van der Waals surface area contributed by atoms with Crippen molar-refractivity contribution in [3.8, 4) is 0 Å². The van der Waals surface area contributed by atoms with E-state index in [0.29, 0.717) is 12.1 Å². The quantitative estimate of drug-likeness (QED) is 0.827. The molecule has 1 aliphatic carbocycles. The van der Waals surface area contributed by atoms with E-state index in [4.69, 9.17) is 0 Å². The predicted molar refractivity (Wildman–Crippen MR) is 100 cm³/mol. The molecule has 0 atom stereocenters.